The molecule has 0 radical (unpaired) electrons. The van der Waals surface area contributed by atoms with Crippen LogP contribution in [0.2, 0.25) is 5.02 Å². The molecule has 0 spiro atoms. The van der Waals surface area contributed by atoms with Crippen LogP contribution in [0.3, 0.4) is 0 Å². The Labute approximate surface area is 149 Å². The van der Waals surface area contributed by atoms with Gasteiger partial charge in [0.25, 0.3) is 5.91 Å². The maximum atomic E-state index is 13.0. The number of carbonyl (C=O) groups excluding carboxylic acids is 2. The molecule has 120 valence electrons. The smallest absolute Gasteiger partial charge is 0.270 e. The fourth-order valence-electron chi connectivity index (χ4n) is 1.58. The number of halogens is 3. The predicted molar refractivity (Wildman–Crippen MR) is 91.9 cm³/mol. The van der Waals surface area contributed by atoms with Crippen LogP contribution in [0.25, 0.3) is 0 Å². The van der Waals surface area contributed by atoms with Crippen LogP contribution in [0.5, 0.6) is 0 Å². The fraction of sp³-hybridized carbons (Fsp3) is 0.0667. The second-order valence-corrected chi connectivity index (χ2v) is 6.71. The van der Waals surface area contributed by atoms with Crippen molar-refractivity contribution < 1.29 is 14.0 Å². The molecule has 2 aromatic rings. The Morgan fingerprint density at radius 3 is 2.48 bits per heavy atom. The van der Waals surface area contributed by atoms with Crippen molar-refractivity contribution in [3.05, 3.63) is 63.3 Å². The molecule has 2 aromatic carbocycles. The summed E-state index contributed by atoms with van der Waals surface area (Å²) in [5.74, 6) is -1.23. The van der Waals surface area contributed by atoms with Crippen LogP contribution in [0.15, 0.2) is 51.8 Å². The molecule has 0 saturated heterocycles. The van der Waals surface area contributed by atoms with Crippen LogP contribution >= 0.6 is 39.3 Å². The van der Waals surface area contributed by atoms with E-state index in [1.165, 1.54) is 23.9 Å². The SMILES string of the molecule is O=C(CSc1ccc(Cl)cc1)NNC(=O)c1ccc(F)cc1Br. The van der Waals surface area contributed by atoms with Gasteiger partial charge in [0.15, 0.2) is 0 Å². The molecule has 8 heteroatoms. The molecule has 0 heterocycles. The summed E-state index contributed by atoms with van der Waals surface area (Å²) < 4.78 is 13.3. The van der Waals surface area contributed by atoms with Crippen molar-refractivity contribution in [1.82, 2.24) is 10.9 Å². The minimum absolute atomic E-state index is 0.131. The van der Waals surface area contributed by atoms with Crippen molar-refractivity contribution in [3.63, 3.8) is 0 Å². The van der Waals surface area contributed by atoms with Gasteiger partial charge >= 0.3 is 0 Å². The molecule has 2 rings (SSSR count). The molecule has 0 aliphatic carbocycles. The van der Waals surface area contributed by atoms with E-state index in [9.17, 15) is 14.0 Å². The average Bonchev–Trinajstić information content (AvgIpc) is 2.52. The average molecular weight is 418 g/mol. The zero-order valence-electron chi connectivity index (χ0n) is 11.6. The molecule has 2 N–H and O–H groups in total. The Bertz CT molecular complexity index is 728. The van der Waals surface area contributed by atoms with E-state index in [2.05, 4.69) is 26.8 Å². The summed E-state index contributed by atoms with van der Waals surface area (Å²) in [5.41, 5.74) is 4.80. The minimum Gasteiger partial charge on any atom is -0.272 e. The number of benzene rings is 2. The van der Waals surface area contributed by atoms with E-state index in [0.29, 0.717) is 9.50 Å². The highest BCUT2D eigenvalue weighted by Gasteiger charge is 2.11. The van der Waals surface area contributed by atoms with Crippen molar-refractivity contribution >= 4 is 51.1 Å². The highest BCUT2D eigenvalue weighted by atomic mass is 79.9. The Balaban J connectivity index is 1.81. The first-order valence-electron chi connectivity index (χ1n) is 6.38. The number of hydrogen-bond donors (Lipinski definition) is 2. The lowest BCUT2D eigenvalue weighted by atomic mass is 10.2. The summed E-state index contributed by atoms with van der Waals surface area (Å²) >= 11 is 10.2. The molecular formula is C15H11BrClFN2O2S. The third-order valence-electron chi connectivity index (χ3n) is 2.67. The van der Waals surface area contributed by atoms with E-state index in [1.54, 1.807) is 24.3 Å². The van der Waals surface area contributed by atoms with Crippen molar-refractivity contribution in [3.8, 4) is 0 Å². The third-order valence-corrected chi connectivity index (χ3v) is 4.59. The predicted octanol–water partition coefficient (Wildman–Crippen LogP) is 3.79. The van der Waals surface area contributed by atoms with Gasteiger partial charge in [-0.15, -0.1) is 11.8 Å². The molecule has 0 fully saturated rings. The van der Waals surface area contributed by atoms with Gasteiger partial charge in [-0.1, -0.05) is 11.6 Å². The van der Waals surface area contributed by atoms with Gasteiger partial charge in [0.2, 0.25) is 5.91 Å². The van der Waals surface area contributed by atoms with Gasteiger partial charge in [0.05, 0.1) is 11.3 Å². The second-order valence-electron chi connectivity index (χ2n) is 4.37. The van der Waals surface area contributed by atoms with E-state index in [4.69, 9.17) is 11.6 Å². The van der Waals surface area contributed by atoms with Crippen molar-refractivity contribution in [2.75, 3.05) is 5.75 Å². The van der Waals surface area contributed by atoms with Crippen LogP contribution < -0.4 is 10.9 Å². The van der Waals surface area contributed by atoms with Gasteiger partial charge in [0, 0.05) is 14.4 Å². The summed E-state index contributed by atoms with van der Waals surface area (Å²) in [5, 5.41) is 0.621. The van der Waals surface area contributed by atoms with Crippen LogP contribution in [0, 0.1) is 5.82 Å². The number of amides is 2. The van der Waals surface area contributed by atoms with Gasteiger partial charge < -0.3 is 0 Å². The van der Waals surface area contributed by atoms with E-state index >= 15 is 0 Å². The van der Waals surface area contributed by atoms with Crippen LogP contribution in [0.4, 0.5) is 4.39 Å². The first kappa shape index (κ1) is 17.8. The number of rotatable bonds is 4. The quantitative estimate of drug-likeness (QED) is 0.588. The maximum Gasteiger partial charge on any atom is 0.270 e. The number of nitrogens with one attached hydrogen (secondary N) is 2. The molecule has 0 atom stereocenters. The molecule has 0 aliphatic rings. The van der Waals surface area contributed by atoms with Crippen molar-refractivity contribution in [2.45, 2.75) is 4.90 Å². The zero-order chi connectivity index (χ0) is 16.8. The molecule has 4 nitrogen and oxygen atoms in total. The molecule has 0 aliphatic heterocycles. The molecule has 0 saturated carbocycles. The fourth-order valence-corrected chi connectivity index (χ4v) is 2.94. The Kier molecular flexibility index (Phi) is 6.44. The maximum absolute atomic E-state index is 13.0. The highest BCUT2D eigenvalue weighted by Crippen LogP contribution is 2.20. The molecule has 0 bridgehead atoms. The largest absolute Gasteiger partial charge is 0.272 e. The Hall–Kier alpha value is -1.57. The van der Waals surface area contributed by atoms with E-state index < -0.39 is 11.7 Å². The lowest BCUT2D eigenvalue weighted by Crippen LogP contribution is -2.42. The van der Waals surface area contributed by atoms with E-state index in [1.807, 2.05) is 0 Å². The summed E-state index contributed by atoms with van der Waals surface area (Å²) in [6.07, 6.45) is 0. The Morgan fingerprint density at radius 2 is 1.83 bits per heavy atom. The van der Waals surface area contributed by atoms with Crippen LogP contribution in [0.1, 0.15) is 10.4 Å². The lowest BCUT2D eigenvalue weighted by Gasteiger charge is -2.08. The lowest BCUT2D eigenvalue weighted by molar-refractivity contribution is -0.119. The standard InChI is InChI=1S/C15H11BrClFN2O2S/c16-13-7-10(18)3-6-12(13)15(22)20-19-14(21)8-23-11-4-1-9(17)2-5-11/h1-7H,8H2,(H,19,21)(H,20,22). The molecular weight excluding hydrogens is 407 g/mol. The minimum atomic E-state index is -0.540. The summed E-state index contributed by atoms with van der Waals surface area (Å²) in [7, 11) is 0. The van der Waals surface area contributed by atoms with Gasteiger partial charge in [-0.25, -0.2) is 4.39 Å². The molecule has 0 aromatic heterocycles. The van der Waals surface area contributed by atoms with E-state index in [0.717, 1.165) is 11.0 Å². The molecule has 2 amide bonds. The van der Waals surface area contributed by atoms with Gasteiger partial charge in [0.1, 0.15) is 5.82 Å². The normalized spacial score (nSPS) is 10.2. The van der Waals surface area contributed by atoms with Crippen molar-refractivity contribution in [1.29, 1.82) is 0 Å². The molecule has 23 heavy (non-hydrogen) atoms. The number of hydrogen-bond acceptors (Lipinski definition) is 3. The summed E-state index contributed by atoms with van der Waals surface area (Å²) in [6, 6.07) is 10.7. The van der Waals surface area contributed by atoms with Crippen LogP contribution in [-0.4, -0.2) is 17.6 Å². The van der Waals surface area contributed by atoms with Gasteiger partial charge in [-0.2, -0.15) is 0 Å². The van der Waals surface area contributed by atoms with Crippen molar-refractivity contribution in [2.24, 2.45) is 0 Å². The Morgan fingerprint density at radius 1 is 1.13 bits per heavy atom. The zero-order valence-corrected chi connectivity index (χ0v) is 14.8. The van der Waals surface area contributed by atoms with Crippen LogP contribution in [-0.2, 0) is 4.79 Å². The number of hydrazine groups is 1. The third kappa shape index (κ3) is 5.53. The number of thioether (sulfide) groups is 1. The molecule has 0 unspecified atom stereocenters. The summed E-state index contributed by atoms with van der Waals surface area (Å²) in [4.78, 5) is 24.5. The van der Waals surface area contributed by atoms with Gasteiger partial charge in [-0.05, 0) is 58.4 Å². The monoisotopic (exact) mass is 416 g/mol. The highest BCUT2D eigenvalue weighted by molar-refractivity contribution is 9.10. The van der Waals surface area contributed by atoms with E-state index in [-0.39, 0.29) is 17.2 Å². The van der Waals surface area contributed by atoms with Gasteiger partial charge in [-0.3, -0.25) is 20.4 Å². The topological polar surface area (TPSA) is 58.2 Å². The summed E-state index contributed by atoms with van der Waals surface area (Å²) in [6.45, 7) is 0. The first-order valence-corrected chi connectivity index (χ1v) is 8.54. The first-order chi connectivity index (χ1) is 11.0. The number of carbonyl (C=O) groups is 2. The second kappa shape index (κ2) is 8.33.